The summed E-state index contributed by atoms with van der Waals surface area (Å²) in [7, 11) is 0. The van der Waals surface area contributed by atoms with Crippen LogP contribution in [0.2, 0.25) is 0 Å². The van der Waals surface area contributed by atoms with Crippen LogP contribution in [0.15, 0.2) is 18.2 Å². The van der Waals surface area contributed by atoms with E-state index in [-0.39, 0.29) is 16.9 Å². The van der Waals surface area contributed by atoms with Gasteiger partial charge in [0.25, 0.3) is 5.69 Å². The number of alkyl halides is 2. The molecule has 0 aliphatic rings. The number of carboxylic acids is 1. The van der Waals surface area contributed by atoms with E-state index in [1.54, 1.807) is 0 Å². The molecule has 1 aromatic carbocycles. The van der Waals surface area contributed by atoms with Crippen molar-refractivity contribution >= 4 is 17.7 Å². The van der Waals surface area contributed by atoms with Crippen molar-refractivity contribution in [3.05, 3.63) is 39.4 Å². The molecule has 19 heavy (non-hydrogen) atoms. The monoisotopic (exact) mass is 273 g/mol. The van der Waals surface area contributed by atoms with Crippen molar-refractivity contribution in [3.8, 4) is 5.75 Å². The molecule has 1 rings (SSSR count). The van der Waals surface area contributed by atoms with Gasteiger partial charge >= 0.3 is 12.6 Å². The summed E-state index contributed by atoms with van der Waals surface area (Å²) >= 11 is 0. The van der Waals surface area contributed by atoms with Gasteiger partial charge in [0.05, 0.1) is 16.6 Å². The molecule has 0 bridgehead atoms. The summed E-state index contributed by atoms with van der Waals surface area (Å²) in [6.07, 6.45) is 1.75. The number of benzene rings is 1. The lowest BCUT2D eigenvalue weighted by Crippen LogP contribution is -2.04. The largest absolute Gasteiger partial charge is 0.478 e. The van der Waals surface area contributed by atoms with Crippen LogP contribution in [-0.4, -0.2) is 22.6 Å². The zero-order valence-corrected chi connectivity index (χ0v) is 9.67. The Morgan fingerprint density at radius 1 is 1.53 bits per heavy atom. The van der Waals surface area contributed by atoms with Gasteiger partial charge in [0.15, 0.2) is 0 Å². The molecule has 0 amide bonds. The summed E-state index contributed by atoms with van der Waals surface area (Å²) in [5.41, 5.74) is -0.232. The highest BCUT2D eigenvalue weighted by Gasteiger charge is 2.18. The van der Waals surface area contributed by atoms with E-state index < -0.39 is 23.2 Å². The molecule has 1 N–H and O–H groups in total. The van der Waals surface area contributed by atoms with Gasteiger partial charge in [-0.1, -0.05) is 0 Å². The number of carboxylic acid groups (broad SMARTS) is 1. The summed E-state index contributed by atoms with van der Waals surface area (Å²) in [4.78, 5) is 20.4. The molecule has 1 aromatic rings. The van der Waals surface area contributed by atoms with Crippen molar-refractivity contribution in [2.75, 3.05) is 0 Å². The maximum Gasteiger partial charge on any atom is 0.387 e. The fraction of sp³-hybridized carbons (Fsp3) is 0.182. The van der Waals surface area contributed by atoms with Crippen molar-refractivity contribution in [3.63, 3.8) is 0 Å². The van der Waals surface area contributed by atoms with Crippen molar-refractivity contribution in [2.45, 2.75) is 13.5 Å². The fourth-order valence-corrected chi connectivity index (χ4v) is 1.44. The highest BCUT2D eigenvalue weighted by Crippen LogP contribution is 2.30. The second kappa shape index (κ2) is 5.89. The molecule has 8 heteroatoms. The summed E-state index contributed by atoms with van der Waals surface area (Å²) in [5, 5.41) is 19.3. The zero-order valence-electron chi connectivity index (χ0n) is 9.67. The lowest BCUT2D eigenvalue weighted by atomic mass is 10.1. The highest BCUT2D eigenvalue weighted by atomic mass is 19.3. The van der Waals surface area contributed by atoms with Crippen LogP contribution >= 0.6 is 0 Å². The first-order chi connectivity index (χ1) is 8.81. The maximum absolute atomic E-state index is 12.1. The molecular formula is C11H9F2NO5. The average molecular weight is 273 g/mol. The third-order valence-electron chi connectivity index (χ3n) is 2.15. The van der Waals surface area contributed by atoms with Crippen LogP contribution in [0.25, 0.3) is 6.08 Å². The third kappa shape index (κ3) is 4.02. The van der Waals surface area contributed by atoms with Crippen LogP contribution in [0.3, 0.4) is 0 Å². The minimum Gasteiger partial charge on any atom is -0.478 e. The fourth-order valence-electron chi connectivity index (χ4n) is 1.44. The van der Waals surface area contributed by atoms with Crippen molar-refractivity contribution in [1.82, 2.24) is 0 Å². The molecule has 0 atom stereocenters. The topological polar surface area (TPSA) is 89.7 Å². The zero-order chi connectivity index (χ0) is 14.6. The highest BCUT2D eigenvalue weighted by molar-refractivity contribution is 5.86. The Hall–Kier alpha value is -2.51. The Morgan fingerprint density at radius 3 is 2.63 bits per heavy atom. The molecule has 0 radical (unpaired) electrons. The molecule has 0 fully saturated rings. The first-order valence-corrected chi connectivity index (χ1v) is 4.96. The van der Waals surface area contributed by atoms with Gasteiger partial charge in [0, 0.05) is 6.08 Å². The summed E-state index contributed by atoms with van der Waals surface area (Å²) < 4.78 is 28.2. The summed E-state index contributed by atoms with van der Waals surface area (Å²) in [6.45, 7) is -1.67. The van der Waals surface area contributed by atoms with Crippen LogP contribution in [0.1, 0.15) is 11.1 Å². The van der Waals surface area contributed by atoms with Crippen LogP contribution in [0, 0.1) is 17.0 Å². The van der Waals surface area contributed by atoms with Crippen molar-refractivity contribution in [1.29, 1.82) is 0 Å². The third-order valence-corrected chi connectivity index (χ3v) is 2.15. The van der Waals surface area contributed by atoms with Gasteiger partial charge in [-0.3, -0.25) is 10.1 Å². The molecule has 0 saturated heterocycles. The lowest BCUT2D eigenvalue weighted by Gasteiger charge is -2.08. The van der Waals surface area contributed by atoms with Crippen LogP contribution in [0.5, 0.6) is 5.75 Å². The Balaban J connectivity index is 3.30. The minimum atomic E-state index is -3.10. The van der Waals surface area contributed by atoms with E-state index in [1.165, 1.54) is 13.0 Å². The van der Waals surface area contributed by atoms with E-state index in [0.717, 1.165) is 18.2 Å². The summed E-state index contributed by atoms with van der Waals surface area (Å²) in [6, 6.07) is 1.99. The van der Waals surface area contributed by atoms with Gasteiger partial charge in [-0.25, -0.2) is 4.79 Å². The van der Waals surface area contributed by atoms with Gasteiger partial charge in [-0.2, -0.15) is 8.78 Å². The summed E-state index contributed by atoms with van der Waals surface area (Å²) in [5.74, 6) is -1.63. The molecule has 0 aliphatic carbocycles. The standard InChI is InChI=1S/C11H9F2NO5/c1-6-4-7(19-11(12)13)5-9(14(17)18)8(6)2-3-10(15)16/h2-5,11H,1H3,(H,15,16)/b3-2+. The van der Waals surface area contributed by atoms with Crippen LogP contribution in [0.4, 0.5) is 14.5 Å². The van der Waals surface area contributed by atoms with Gasteiger partial charge in [-0.15, -0.1) is 0 Å². The number of nitro benzene ring substituents is 1. The molecule has 0 heterocycles. The normalized spacial score (nSPS) is 10.9. The number of aryl methyl sites for hydroxylation is 1. The SMILES string of the molecule is Cc1cc(OC(F)F)cc([N+](=O)[O-])c1/C=C/C(=O)O. The number of carbonyl (C=O) groups is 1. The number of ether oxygens (including phenoxy) is 1. The number of aliphatic carboxylic acids is 1. The minimum absolute atomic E-state index is 0.0222. The second-order valence-electron chi connectivity index (χ2n) is 3.48. The van der Waals surface area contributed by atoms with Crippen LogP contribution in [-0.2, 0) is 4.79 Å². The van der Waals surface area contributed by atoms with Crippen molar-refractivity contribution in [2.24, 2.45) is 0 Å². The molecule has 102 valence electrons. The lowest BCUT2D eigenvalue weighted by molar-refractivity contribution is -0.385. The maximum atomic E-state index is 12.1. The number of halogens is 2. The van der Waals surface area contributed by atoms with E-state index in [4.69, 9.17) is 5.11 Å². The molecule has 0 unspecified atom stereocenters. The molecule has 0 spiro atoms. The molecule has 0 aliphatic heterocycles. The Labute approximate surface area is 106 Å². The van der Waals surface area contributed by atoms with Gasteiger partial charge < -0.3 is 9.84 Å². The van der Waals surface area contributed by atoms with Gasteiger partial charge in [-0.05, 0) is 24.6 Å². The van der Waals surface area contributed by atoms with E-state index in [2.05, 4.69) is 4.74 Å². The number of hydrogen-bond acceptors (Lipinski definition) is 4. The Bertz CT molecular complexity index is 542. The second-order valence-corrected chi connectivity index (χ2v) is 3.48. The molecule has 0 aromatic heterocycles. The smallest absolute Gasteiger partial charge is 0.387 e. The predicted octanol–water partition coefficient (Wildman–Crippen LogP) is 2.60. The first-order valence-electron chi connectivity index (χ1n) is 4.96. The quantitative estimate of drug-likeness (QED) is 0.506. The first kappa shape index (κ1) is 14.6. The number of hydrogen-bond donors (Lipinski definition) is 1. The van der Waals surface area contributed by atoms with E-state index >= 15 is 0 Å². The number of rotatable bonds is 5. The van der Waals surface area contributed by atoms with Gasteiger partial charge in [0.1, 0.15) is 5.75 Å². The van der Waals surface area contributed by atoms with Crippen molar-refractivity contribution < 1.29 is 28.3 Å². The van der Waals surface area contributed by atoms with Gasteiger partial charge in [0.2, 0.25) is 0 Å². The molecular weight excluding hydrogens is 264 g/mol. The molecule has 6 nitrogen and oxygen atoms in total. The van der Waals surface area contributed by atoms with Crippen LogP contribution < -0.4 is 4.74 Å². The average Bonchev–Trinajstić information content (AvgIpc) is 2.25. The van der Waals surface area contributed by atoms with E-state index in [0.29, 0.717) is 0 Å². The predicted molar refractivity (Wildman–Crippen MR) is 61.1 cm³/mol. The van der Waals surface area contributed by atoms with E-state index in [9.17, 15) is 23.7 Å². The van der Waals surface area contributed by atoms with E-state index in [1.807, 2.05) is 0 Å². The number of nitro groups is 1. The molecule has 0 saturated carbocycles. The Kier molecular flexibility index (Phi) is 4.51. The number of nitrogens with zero attached hydrogens (tertiary/aromatic N) is 1. The Morgan fingerprint density at radius 2 is 2.16 bits per heavy atom.